The van der Waals surface area contributed by atoms with Crippen LogP contribution in [0.5, 0.6) is 0 Å². The summed E-state index contributed by atoms with van der Waals surface area (Å²) in [6.45, 7) is 1.18. The van der Waals surface area contributed by atoms with Gasteiger partial charge in [0.1, 0.15) is 11.5 Å². The van der Waals surface area contributed by atoms with E-state index in [0.717, 1.165) is 12.8 Å². The highest BCUT2D eigenvalue weighted by Gasteiger charge is 2.49. The highest BCUT2D eigenvalue weighted by Crippen LogP contribution is 2.35. The van der Waals surface area contributed by atoms with Crippen molar-refractivity contribution in [1.82, 2.24) is 4.90 Å². The van der Waals surface area contributed by atoms with Gasteiger partial charge in [-0.15, -0.1) is 0 Å². The van der Waals surface area contributed by atoms with E-state index in [-0.39, 0.29) is 11.7 Å². The van der Waals surface area contributed by atoms with Crippen molar-refractivity contribution < 1.29 is 19.5 Å². The summed E-state index contributed by atoms with van der Waals surface area (Å²) in [5.74, 6) is -0.918. The van der Waals surface area contributed by atoms with Gasteiger partial charge < -0.3 is 26.3 Å². The van der Waals surface area contributed by atoms with Crippen molar-refractivity contribution in [2.75, 3.05) is 19.8 Å². The van der Waals surface area contributed by atoms with E-state index < -0.39 is 17.4 Å². The second-order valence-corrected chi connectivity index (χ2v) is 5.59. The lowest BCUT2D eigenvalue weighted by molar-refractivity contribution is -0.150. The molecule has 8 heteroatoms. The number of primary amides is 1. The van der Waals surface area contributed by atoms with Crippen LogP contribution in [-0.2, 0) is 14.3 Å². The number of amidine groups is 1. The van der Waals surface area contributed by atoms with E-state index in [1.54, 1.807) is 0 Å². The van der Waals surface area contributed by atoms with Crippen LogP contribution in [0, 0.1) is 5.41 Å². The average Bonchev–Trinajstić information content (AvgIpc) is 2.53. The van der Waals surface area contributed by atoms with Gasteiger partial charge >= 0.3 is 0 Å². The fourth-order valence-corrected chi connectivity index (χ4v) is 3.14. The molecule has 2 aliphatic rings. The van der Waals surface area contributed by atoms with Gasteiger partial charge in [-0.05, 0) is 32.1 Å². The first-order valence-electron chi connectivity index (χ1n) is 7.19. The number of oxime groups is 1. The molecule has 2 saturated heterocycles. The molecule has 2 amide bonds. The Hall–Kier alpha value is -1.83. The molecule has 2 rings (SSSR count). The average molecular weight is 298 g/mol. The first-order valence-corrected chi connectivity index (χ1v) is 7.19. The third kappa shape index (κ3) is 2.80. The molecule has 2 heterocycles. The van der Waals surface area contributed by atoms with Crippen molar-refractivity contribution in [2.45, 2.75) is 38.1 Å². The Morgan fingerprint density at radius 2 is 1.90 bits per heavy atom. The first kappa shape index (κ1) is 15.6. The van der Waals surface area contributed by atoms with E-state index in [1.165, 1.54) is 4.90 Å². The SMILES string of the molecule is NC(=O)C1CCCCN1C(=O)C1(C(N)=NO)CCOCC1. The molecule has 2 aliphatic heterocycles. The second-order valence-electron chi connectivity index (χ2n) is 5.59. The molecular weight excluding hydrogens is 276 g/mol. The molecule has 0 radical (unpaired) electrons. The van der Waals surface area contributed by atoms with Crippen molar-refractivity contribution in [2.24, 2.45) is 22.0 Å². The molecule has 0 aromatic carbocycles. The Labute approximate surface area is 123 Å². The quantitative estimate of drug-likeness (QED) is 0.277. The molecule has 21 heavy (non-hydrogen) atoms. The van der Waals surface area contributed by atoms with E-state index >= 15 is 0 Å². The first-order chi connectivity index (χ1) is 10.0. The minimum absolute atomic E-state index is 0.121. The van der Waals surface area contributed by atoms with Gasteiger partial charge in [0.25, 0.3) is 0 Å². The number of hydrogen-bond acceptors (Lipinski definition) is 5. The number of piperidine rings is 1. The minimum Gasteiger partial charge on any atom is -0.409 e. The van der Waals surface area contributed by atoms with Crippen LogP contribution in [-0.4, -0.2) is 53.6 Å². The predicted octanol–water partition coefficient (Wildman–Crippen LogP) is -0.604. The Bertz CT molecular complexity index is 445. The molecule has 0 aromatic heterocycles. The number of ether oxygens (including phenoxy) is 1. The van der Waals surface area contributed by atoms with Crippen molar-refractivity contribution in [3.63, 3.8) is 0 Å². The largest absolute Gasteiger partial charge is 0.409 e. The predicted molar refractivity (Wildman–Crippen MR) is 74.4 cm³/mol. The summed E-state index contributed by atoms with van der Waals surface area (Å²) in [6, 6.07) is -0.613. The van der Waals surface area contributed by atoms with Crippen LogP contribution < -0.4 is 11.5 Å². The third-order valence-corrected chi connectivity index (χ3v) is 4.45. The smallest absolute Gasteiger partial charge is 0.240 e. The van der Waals surface area contributed by atoms with Gasteiger partial charge in [0.15, 0.2) is 5.84 Å². The van der Waals surface area contributed by atoms with Crippen LogP contribution in [0.3, 0.4) is 0 Å². The standard InChI is InChI=1S/C13H22N4O4/c14-10(18)9-3-1-2-6-17(9)12(19)13(11(15)16-20)4-7-21-8-5-13/h9,20H,1-8H2,(H2,14,18)(H2,15,16). The maximum absolute atomic E-state index is 13.0. The summed E-state index contributed by atoms with van der Waals surface area (Å²) in [5.41, 5.74) is 10.1. The number of nitrogens with zero attached hydrogens (tertiary/aromatic N) is 2. The fraction of sp³-hybridized carbons (Fsp3) is 0.769. The molecule has 0 aromatic rings. The zero-order chi connectivity index (χ0) is 15.5. The van der Waals surface area contributed by atoms with Crippen LogP contribution in [0.15, 0.2) is 5.16 Å². The van der Waals surface area contributed by atoms with E-state index in [4.69, 9.17) is 21.4 Å². The van der Waals surface area contributed by atoms with Gasteiger partial charge in [-0.25, -0.2) is 0 Å². The molecular formula is C13H22N4O4. The Balaban J connectivity index is 2.30. The van der Waals surface area contributed by atoms with Crippen molar-refractivity contribution in [3.8, 4) is 0 Å². The maximum atomic E-state index is 13.0. The lowest BCUT2D eigenvalue weighted by Gasteiger charge is -2.42. The third-order valence-electron chi connectivity index (χ3n) is 4.45. The van der Waals surface area contributed by atoms with Crippen molar-refractivity contribution in [1.29, 1.82) is 0 Å². The topological polar surface area (TPSA) is 131 Å². The van der Waals surface area contributed by atoms with Crippen LogP contribution in [0.2, 0.25) is 0 Å². The summed E-state index contributed by atoms with van der Waals surface area (Å²) in [5, 5.41) is 12.1. The van der Waals surface area contributed by atoms with E-state index in [1.807, 2.05) is 0 Å². The second kappa shape index (κ2) is 6.30. The van der Waals surface area contributed by atoms with Crippen LogP contribution in [0.25, 0.3) is 0 Å². The highest BCUT2D eigenvalue weighted by atomic mass is 16.5. The summed E-state index contributed by atoms with van der Waals surface area (Å²) in [7, 11) is 0. The summed E-state index contributed by atoms with van der Waals surface area (Å²) >= 11 is 0. The Morgan fingerprint density at radius 1 is 1.24 bits per heavy atom. The normalized spacial score (nSPS) is 26.4. The van der Waals surface area contributed by atoms with Gasteiger partial charge in [0.2, 0.25) is 11.8 Å². The molecule has 1 unspecified atom stereocenters. The summed E-state index contributed by atoms with van der Waals surface area (Å²) < 4.78 is 5.28. The Morgan fingerprint density at radius 3 is 2.48 bits per heavy atom. The van der Waals surface area contributed by atoms with Gasteiger partial charge in [0, 0.05) is 19.8 Å². The van der Waals surface area contributed by atoms with Crippen molar-refractivity contribution >= 4 is 17.6 Å². The maximum Gasteiger partial charge on any atom is 0.240 e. The van der Waals surface area contributed by atoms with Gasteiger partial charge in [0.05, 0.1) is 0 Å². The van der Waals surface area contributed by atoms with E-state index in [0.29, 0.717) is 39.0 Å². The number of rotatable bonds is 3. The molecule has 0 spiro atoms. The number of carbonyl (C=O) groups is 2. The van der Waals surface area contributed by atoms with Crippen molar-refractivity contribution in [3.05, 3.63) is 0 Å². The monoisotopic (exact) mass is 298 g/mol. The molecule has 1 atom stereocenters. The zero-order valence-corrected chi connectivity index (χ0v) is 12.0. The number of hydrogen-bond donors (Lipinski definition) is 3. The minimum atomic E-state index is -1.10. The number of likely N-dealkylation sites (tertiary alicyclic amines) is 1. The van der Waals surface area contributed by atoms with Crippen LogP contribution >= 0.6 is 0 Å². The molecule has 118 valence electrons. The molecule has 0 saturated carbocycles. The lowest BCUT2D eigenvalue weighted by Crippen LogP contribution is -2.59. The van der Waals surface area contributed by atoms with E-state index in [2.05, 4.69) is 5.16 Å². The summed E-state index contributed by atoms with van der Waals surface area (Å²) in [6.07, 6.45) is 2.91. The van der Waals surface area contributed by atoms with E-state index in [9.17, 15) is 9.59 Å². The van der Waals surface area contributed by atoms with Gasteiger partial charge in [-0.1, -0.05) is 5.16 Å². The molecule has 0 aliphatic carbocycles. The molecule has 5 N–H and O–H groups in total. The number of amides is 2. The highest BCUT2D eigenvalue weighted by molar-refractivity contribution is 6.07. The van der Waals surface area contributed by atoms with Crippen LogP contribution in [0.1, 0.15) is 32.1 Å². The molecule has 8 nitrogen and oxygen atoms in total. The fourth-order valence-electron chi connectivity index (χ4n) is 3.14. The van der Waals surface area contributed by atoms with Gasteiger partial charge in [-0.3, -0.25) is 9.59 Å². The van der Waals surface area contributed by atoms with Crippen LogP contribution in [0.4, 0.5) is 0 Å². The summed E-state index contributed by atoms with van der Waals surface area (Å²) in [4.78, 5) is 26.1. The Kier molecular flexibility index (Phi) is 4.66. The lowest BCUT2D eigenvalue weighted by atomic mass is 9.76. The number of carbonyl (C=O) groups excluding carboxylic acids is 2. The zero-order valence-electron chi connectivity index (χ0n) is 12.0. The number of nitrogens with two attached hydrogens (primary N) is 2. The molecule has 2 fully saturated rings. The van der Waals surface area contributed by atoms with Gasteiger partial charge in [-0.2, -0.15) is 0 Å². The molecule has 0 bridgehead atoms.